The number of carbonyl (C=O) groups is 1. The van der Waals surface area contributed by atoms with Gasteiger partial charge in [-0.05, 0) is 22.6 Å². The number of aromatic nitrogens is 1. The number of ether oxygens (including phenoxy) is 1. The second-order valence-electron chi connectivity index (χ2n) is 6.32. The lowest BCUT2D eigenvalue weighted by atomic mass is 9.87. The summed E-state index contributed by atoms with van der Waals surface area (Å²) in [4.78, 5) is 23.5. The molecule has 0 aliphatic rings. The van der Waals surface area contributed by atoms with Gasteiger partial charge in [-0.3, -0.25) is 4.79 Å². The minimum atomic E-state index is -0.447. The fourth-order valence-electron chi connectivity index (χ4n) is 2.20. The molecule has 1 heterocycles. The Labute approximate surface area is 130 Å². The monoisotopic (exact) mass is 299 g/mol. The van der Waals surface area contributed by atoms with Crippen molar-refractivity contribution in [2.24, 2.45) is 0 Å². The van der Waals surface area contributed by atoms with Crippen LogP contribution in [0.2, 0.25) is 0 Å². The van der Waals surface area contributed by atoms with E-state index >= 15 is 0 Å². The van der Waals surface area contributed by atoms with E-state index in [2.05, 4.69) is 37.6 Å². The quantitative estimate of drug-likeness (QED) is 0.819. The molecule has 2 rings (SSSR count). The molecule has 0 saturated carbocycles. The van der Waals surface area contributed by atoms with E-state index < -0.39 is 5.97 Å². The Bertz CT molecular complexity index is 721. The highest BCUT2D eigenvalue weighted by molar-refractivity contribution is 5.88. The van der Waals surface area contributed by atoms with Gasteiger partial charge in [-0.1, -0.05) is 45.0 Å². The molecule has 0 saturated heterocycles. The summed E-state index contributed by atoms with van der Waals surface area (Å²) >= 11 is 0. The van der Waals surface area contributed by atoms with Gasteiger partial charge in [0.15, 0.2) is 0 Å². The highest BCUT2D eigenvalue weighted by atomic mass is 16.5. The maximum Gasteiger partial charge on any atom is 0.339 e. The number of hydrogen-bond donors (Lipinski definition) is 0. The zero-order chi connectivity index (χ0) is 16.3. The zero-order valence-electron chi connectivity index (χ0n) is 13.4. The Morgan fingerprint density at radius 1 is 1.09 bits per heavy atom. The van der Waals surface area contributed by atoms with Gasteiger partial charge in [-0.2, -0.15) is 0 Å². The molecule has 0 spiro atoms. The van der Waals surface area contributed by atoms with E-state index in [4.69, 9.17) is 0 Å². The Kier molecular flexibility index (Phi) is 4.50. The lowest BCUT2D eigenvalue weighted by Crippen LogP contribution is -2.21. The Morgan fingerprint density at radius 3 is 2.27 bits per heavy atom. The van der Waals surface area contributed by atoms with Crippen LogP contribution in [-0.4, -0.2) is 17.6 Å². The molecule has 0 N–H and O–H groups in total. The Balaban J connectivity index is 2.27. The largest absolute Gasteiger partial charge is 0.465 e. The Hall–Kier alpha value is -2.36. The van der Waals surface area contributed by atoms with Crippen molar-refractivity contribution in [2.45, 2.75) is 32.7 Å². The SMILES string of the molecule is COC(=O)c1ccc(=O)n(Cc2ccc(C(C)(C)C)cc2)c1. The molecule has 0 unspecified atom stereocenters. The third-order valence-electron chi connectivity index (χ3n) is 3.58. The van der Waals surface area contributed by atoms with E-state index in [9.17, 15) is 9.59 Å². The summed E-state index contributed by atoms with van der Waals surface area (Å²) in [5.41, 5.74) is 2.57. The van der Waals surface area contributed by atoms with Gasteiger partial charge in [0.05, 0.1) is 19.2 Å². The summed E-state index contributed by atoms with van der Waals surface area (Å²) in [5.74, 6) is -0.447. The number of esters is 1. The first-order valence-corrected chi connectivity index (χ1v) is 7.19. The maximum atomic E-state index is 11.9. The van der Waals surface area contributed by atoms with Crippen LogP contribution < -0.4 is 5.56 Å². The fraction of sp³-hybridized carbons (Fsp3) is 0.333. The van der Waals surface area contributed by atoms with Crippen molar-refractivity contribution in [2.75, 3.05) is 7.11 Å². The molecule has 0 aliphatic heterocycles. The highest BCUT2D eigenvalue weighted by Crippen LogP contribution is 2.22. The first-order chi connectivity index (χ1) is 10.3. The number of rotatable bonds is 3. The number of carbonyl (C=O) groups excluding carboxylic acids is 1. The van der Waals surface area contributed by atoms with Crippen LogP contribution >= 0.6 is 0 Å². The molecule has 0 aliphatic carbocycles. The third-order valence-corrected chi connectivity index (χ3v) is 3.58. The molecule has 1 aromatic heterocycles. The van der Waals surface area contributed by atoms with Crippen molar-refractivity contribution in [3.05, 3.63) is 69.6 Å². The molecule has 4 nitrogen and oxygen atoms in total. The molecule has 0 fully saturated rings. The van der Waals surface area contributed by atoms with Crippen molar-refractivity contribution >= 4 is 5.97 Å². The molecule has 2 aromatic rings. The molecule has 0 amide bonds. The first-order valence-electron chi connectivity index (χ1n) is 7.19. The number of benzene rings is 1. The van der Waals surface area contributed by atoms with Crippen LogP contribution in [0.25, 0.3) is 0 Å². The third kappa shape index (κ3) is 3.64. The summed E-state index contributed by atoms with van der Waals surface area (Å²) < 4.78 is 6.19. The maximum absolute atomic E-state index is 11.9. The van der Waals surface area contributed by atoms with E-state index in [0.717, 1.165) is 5.56 Å². The van der Waals surface area contributed by atoms with Crippen molar-refractivity contribution < 1.29 is 9.53 Å². The predicted molar refractivity (Wildman–Crippen MR) is 86.3 cm³/mol. The van der Waals surface area contributed by atoms with E-state index in [1.165, 1.54) is 35.6 Å². The predicted octanol–water partition coefficient (Wildman–Crippen LogP) is 2.98. The van der Waals surface area contributed by atoms with Crippen molar-refractivity contribution in [1.82, 2.24) is 4.57 Å². The van der Waals surface area contributed by atoms with Crippen molar-refractivity contribution in [3.8, 4) is 0 Å². The molecule has 4 heteroatoms. The average Bonchev–Trinajstić information content (AvgIpc) is 2.48. The minimum Gasteiger partial charge on any atom is -0.465 e. The summed E-state index contributed by atoms with van der Waals surface area (Å²) in [6, 6.07) is 11.0. The summed E-state index contributed by atoms with van der Waals surface area (Å²) in [5, 5.41) is 0. The van der Waals surface area contributed by atoms with Gasteiger partial charge >= 0.3 is 5.97 Å². The van der Waals surface area contributed by atoms with Crippen LogP contribution in [0.4, 0.5) is 0 Å². The molecule has 0 atom stereocenters. The minimum absolute atomic E-state index is 0.0974. The van der Waals surface area contributed by atoms with Gasteiger partial charge in [0, 0.05) is 12.3 Å². The molecule has 116 valence electrons. The van der Waals surface area contributed by atoms with Gasteiger partial charge < -0.3 is 9.30 Å². The van der Waals surface area contributed by atoms with Gasteiger partial charge in [0.1, 0.15) is 0 Å². The normalized spacial score (nSPS) is 11.3. The average molecular weight is 299 g/mol. The molecule has 0 bridgehead atoms. The van der Waals surface area contributed by atoms with E-state index in [0.29, 0.717) is 12.1 Å². The number of hydrogen-bond acceptors (Lipinski definition) is 3. The van der Waals surface area contributed by atoms with Gasteiger partial charge in [0.2, 0.25) is 0 Å². The van der Waals surface area contributed by atoms with Crippen molar-refractivity contribution in [1.29, 1.82) is 0 Å². The summed E-state index contributed by atoms with van der Waals surface area (Å²) in [6.45, 7) is 6.90. The highest BCUT2D eigenvalue weighted by Gasteiger charge is 2.13. The molecule has 1 aromatic carbocycles. The first kappa shape index (κ1) is 16.0. The van der Waals surface area contributed by atoms with Crippen LogP contribution in [0.5, 0.6) is 0 Å². The van der Waals surface area contributed by atoms with Gasteiger partial charge in [-0.15, -0.1) is 0 Å². The van der Waals surface area contributed by atoms with Crippen LogP contribution in [0.3, 0.4) is 0 Å². The van der Waals surface area contributed by atoms with Crippen LogP contribution in [0.1, 0.15) is 42.3 Å². The van der Waals surface area contributed by atoms with E-state index in [-0.39, 0.29) is 11.0 Å². The van der Waals surface area contributed by atoms with Crippen LogP contribution in [-0.2, 0) is 16.7 Å². The number of methoxy groups -OCH3 is 1. The lowest BCUT2D eigenvalue weighted by Gasteiger charge is -2.19. The molecule has 0 radical (unpaired) electrons. The number of nitrogens with zero attached hydrogens (tertiary/aromatic N) is 1. The zero-order valence-corrected chi connectivity index (χ0v) is 13.4. The smallest absolute Gasteiger partial charge is 0.339 e. The second-order valence-corrected chi connectivity index (χ2v) is 6.32. The van der Waals surface area contributed by atoms with E-state index in [1.54, 1.807) is 0 Å². The summed E-state index contributed by atoms with van der Waals surface area (Å²) in [7, 11) is 1.32. The molecular formula is C18H21NO3. The topological polar surface area (TPSA) is 48.3 Å². The number of pyridine rings is 1. The fourth-order valence-corrected chi connectivity index (χ4v) is 2.20. The standard InChI is InChI=1S/C18H21NO3/c1-18(2,3)15-8-5-13(6-9-15)11-19-12-14(17(21)22-4)7-10-16(19)20/h5-10,12H,11H2,1-4H3. The molecular weight excluding hydrogens is 278 g/mol. The second kappa shape index (κ2) is 6.18. The van der Waals surface area contributed by atoms with Crippen LogP contribution in [0, 0.1) is 0 Å². The summed E-state index contributed by atoms with van der Waals surface area (Å²) in [6.07, 6.45) is 1.53. The molecule has 22 heavy (non-hydrogen) atoms. The van der Waals surface area contributed by atoms with E-state index in [1.807, 2.05) is 12.1 Å². The van der Waals surface area contributed by atoms with Gasteiger partial charge in [-0.25, -0.2) is 4.79 Å². The van der Waals surface area contributed by atoms with Crippen molar-refractivity contribution in [3.63, 3.8) is 0 Å². The lowest BCUT2D eigenvalue weighted by molar-refractivity contribution is 0.0599. The Morgan fingerprint density at radius 2 is 1.73 bits per heavy atom. The van der Waals surface area contributed by atoms with Gasteiger partial charge in [0.25, 0.3) is 5.56 Å². The van der Waals surface area contributed by atoms with Crippen LogP contribution in [0.15, 0.2) is 47.4 Å².